The van der Waals surface area contributed by atoms with Crippen LogP contribution in [0.2, 0.25) is 0 Å². The number of aromatic nitrogens is 2. The molecule has 2 unspecified atom stereocenters. The lowest BCUT2D eigenvalue weighted by molar-refractivity contribution is -0.220. The van der Waals surface area contributed by atoms with E-state index in [4.69, 9.17) is 18.9 Å². The number of hydrogen-bond acceptors (Lipinski definition) is 4. The summed E-state index contributed by atoms with van der Waals surface area (Å²) >= 11 is 0. The van der Waals surface area contributed by atoms with E-state index < -0.39 is 12.1 Å². The Bertz CT molecular complexity index is 874. The average molecular weight is 394 g/mol. The maximum absolute atomic E-state index is 6.43. The zero-order chi connectivity index (χ0) is 19.8. The molecule has 2 fully saturated rings. The predicted octanol–water partition coefficient (Wildman–Crippen LogP) is 3.94. The minimum absolute atomic E-state index is 0.0540. The Morgan fingerprint density at radius 3 is 2.24 bits per heavy atom. The number of fused-ring (bicyclic) bond motifs is 1. The maximum atomic E-state index is 6.43. The van der Waals surface area contributed by atoms with Crippen LogP contribution in [0.1, 0.15) is 36.7 Å². The Morgan fingerprint density at radius 2 is 1.62 bits per heavy atom. The van der Waals surface area contributed by atoms with Crippen molar-refractivity contribution in [3.8, 4) is 0 Å². The molecule has 0 bridgehead atoms. The monoisotopic (exact) mass is 394 g/mol. The molecule has 5 rings (SSSR count). The maximum Gasteiger partial charge on any atom is 0.190 e. The Balaban J connectivity index is 1.46. The molecule has 152 valence electrons. The SMILES string of the molecule is CC1(C)O[C@H]2OC(C(c3ccc[nH]3)c3ccc[nH]3)C(OCc3ccccc3)[C@H]2O1. The van der Waals surface area contributed by atoms with Gasteiger partial charge in [0.1, 0.15) is 18.3 Å². The number of benzene rings is 1. The molecule has 3 aromatic rings. The molecule has 0 amide bonds. The minimum atomic E-state index is -0.691. The highest BCUT2D eigenvalue weighted by molar-refractivity contribution is 5.27. The Labute approximate surface area is 170 Å². The largest absolute Gasteiger partial charge is 0.368 e. The molecule has 2 saturated heterocycles. The summed E-state index contributed by atoms with van der Waals surface area (Å²) in [6.07, 6.45) is 2.57. The summed E-state index contributed by atoms with van der Waals surface area (Å²) in [5.41, 5.74) is 3.24. The summed E-state index contributed by atoms with van der Waals surface area (Å²) in [7, 11) is 0. The first-order valence-corrected chi connectivity index (χ1v) is 10.0. The second kappa shape index (κ2) is 7.46. The van der Waals surface area contributed by atoms with E-state index in [-0.39, 0.29) is 24.2 Å². The third-order valence-corrected chi connectivity index (χ3v) is 5.55. The Morgan fingerprint density at radius 1 is 0.931 bits per heavy atom. The van der Waals surface area contributed by atoms with Gasteiger partial charge in [0, 0.05) is 23.8 Å². The van der Waals surface area contributed by atoms with Crippen LogP contribution < -0.4 is 0 Å². The van der Waals surface area contributed by atoms with Crippen molar-refractivity contribution < 1.29 is 18.9 Å². The lowest BCUT2D eigenvalue weighted by Gasteiger charge is -2.30. The van der Waals surface area contributed by atoms with Crippen LogP contribution in [0.5, 0.6) is 0 Å². The number of nitrogens with one attached hydrogen (secondary N) is 2. The van der Waals surface area contributed by atoms with Crippen molar-refractivity contribution in [1.82, 2.24) is 9.97 Å². The fraction of sp³-hybridized carbons (Fsp3) is 0.391. The van der Waals surface area contributed by atoms with Crippen molar-refractivity contribution in [3.63, 3.8) is 0 Å². The molecular weight excluding hydrogens is 368 g/mol. The molecule has 0 aliphatic carbocycles. The molecule has 29 heavy (non-hydrogen) atoms. The summed E-state index contributed by atoms with van der Waals surface area (Å²) in [5.74, 6) is -0.745. The first-order valence-electron chi connectivity index (χ1n) is 10.0. The van der Waals surface area contributed by atoms with Crippen LogP contribution in [0.15, 0.2) is 67.0 Å². The molecule has 4 atom stereocenters. The van der Waals surface area contributed by atoms with Gasteiger partial charge >= 0.3 is 0 Å². The van der Waals surface area contributed by atoms with Gasteiger partial charge in [-0.05, 0) is 43.7 Å². The van der Waals surface area contributed by atoms with Gasteiger partial charge < -0.3 is 28.9 Å². The molecule has 2 N–H and O–H groups in total. The van der Waals surface area contributed by atoms with Crippen molar-refractivity contribution in [2.45, 2.75) is 56.8 Å². The standard InChI is InChI=1S/C23H26N2O4/c1-23(2)28-21-20(26-14-15-8-4-3-5-9-15)19(27-22(21)29-23)18(16-10-6-12-24-16)17-11-7-13-25-17/h3-13,18-22,24-25H,14H2,1-2H3/t19?,20?,21-,22-/m1/s1. The molecule has 0 radical (unpaired) electrons. The summed E-state index contributed by atoms with van der Waals surface area (Å²) in [6, 6.07) is 18.3. The van der Waals surface area contributed by atoms with Crippen LogP contribution in [0.25, 0.3) is 0 Å². The van der Waals surface area contributed by atoms with Crippen LogP contribution >= 0.6 is 0 Å². The van der Waals surface area contributed by atoms with Gasteiger partial charge in [-0.3, -0.25) is 0 Å². The van der Waals surface area contributed by atoms with Crippen LogP contribution in [0.4, 0.5) is 0 Å². The normalized spacial score (nSPS) is 28.1. The van der Waals surface area contributed by atoms with E-state index in [9.17, 15) is 0 Å². The Kier molecular flexibility index (Phi) is 4.80. The highest BCUT2D eigenvalue weighted by Gasteiger charge is 2.57. The molecule has 2 aromatic heterocycles. The molecule has 0 saturated carbocycles. The van der Waals surface area contributed by atoms with Crippen LogP contribution in [-0.4, -0.2) is 40.4 Å². The van der Waals surface area contributed by atoms with Gasteiger partial charge in [-0.1, -0.05) is 30.3 Å². The second-order valence-corrected chi connectivity index (χ2v) is 8.06. The van der Waals surface area contributed by atoms with Crippen LogP contribution in [0.3, 0.4) is 0 Å². The van der Waals surface area contributed by atoms with E-state index in [0.29, 0.717) is 6.61 Å². The number of rotatable bonds is 6. The van der Waals surface area contributed by atoms with E-state index in [2.05, 4.69) is 34.2 Å². The average Bonchev–Trinajstić information content (AvgIpc) is 3.48. The number of hydrogen-bond donors (Lipinski definition) is 2. The summed E-state index contributed by atoms with van der Waals surface area (Å²) in [4.78, 5) is 6.68. The van der Waals surface area contributed by atoms with Gasteiger partial charge in [0.15, 0.2) is 12.1 Å². The van der Waals surface area contributed by atoms with Crippen molar-refractivity contribution >= 4 is 0 Å². The summed E-state index contributed by atoms with van der Waals surface area (Å²) in [6.45, 7) is 4.30. The van der Waals surface area contributed by atoms with E-state index in [1.807, 2.05) is 56.6 Å². The first-order chi connectivity index (χ1) is 14.1. The van der Waals surface area contributed by atoms with Gasteiger partial charge in [-0.25, -0.2) is 0 Å². The Hall–Kier alpha value is -2.38. The van der Waals surface area contributed by atoms with Gasteiger partial charge in [0.25, 0.3) is 0 Å². The molecule has 0 spiro atoms. The smallest absolute Gasteiger partial charge is 0.190 e. The van der Waals surface area contributed by atoms with Crippen molar-refractivity contribution in [2.24, 2.45) is 0 Å². The van der Waals surface area contributed by atoms with E-state index in [1.54, 1.807) is 0 Å². The van der Waals surface area contributed by atoms with Gasteiger partial charge in [0.2, 0.25) is 0 Å². The predicted molar refractivity (Wildman–Crippen MR) is 107 cm³/mol. The van der Waals surface area contributed by atoms with Crippen molar-refractivity contribution in [1.29, 1.82) is 0 Å². The molecule has 1 aromatic carbocycles. The quantitative estimate of drug-likeness (QED) is 0.665. The second-order valence-electron chi connectivity index (χ2n) is 8.06. The number of H-pyrrole nitrogens is 2. The summed E-state index contributed by atoms with van der Waals surface area (Å²) < 4.78 is 25.1. The number of ether oxygens (including phenoxy) is 4. The lowest BCUT2D eigenvalue weighted by Crippen LogP contribution is -2.40. The zero-order valence-electron chi connectivity index (χ0n) is 16.6. The fourth-order valence-electron chi connectivity index (χ4n) is 4.33. The summed E-state index contributed by atoms with van der Waals surface area (Å²) in [5, 5.41) is 0. The molecule has 6 nitrogen and oxygen atoms in total. The first kappa shape index (κ1) is 18.6. The van der Waals surface area contributed by atoms with Crippen molar-refractivity contribution in [2.75, 3.05) is 0 Å². The molecule has 2 aliphatic rings. The van der Waals surface area contributed by atoms with Gasteiger partial charge in [-0.2, -0.15) is 0 Å². The van der Waals surface area contributed by atoms with E-state index >= 15 is 0 Å². The number of aromatic amines is 2. The van der Waals surface area contributed by atoms with Gasteiger partial charge in [-0.15, -0.1) is 0 Å². The molecule has 4 heterocycles. The third-order valence-electron chi connectivity index (χ3n) is 5.55. The van der Waals surface area contributed by atoms with Crippen molar-refractivity contribution in [3.05, 3.63) is 83.9 Å². The fourth-order valence-corrected chi connectivity index (χ4v) is 4.33. The molecule has 2 aliphatic heterocycles. The van der Waals surface area contributed by atoms with Crippen LogP contribution in [-0.2, 0) is 25.6 Å². The lowest BCUT2D eigenvalue weighted by atomic mass is 9.90. The third kappa shape index (κ3) is 3.65. The zero-order valence-corrected chi connectivity index (χ0v) is 16.6. The topological polar surface area (TPSA) is 68.5 Å². The van der Waals surface area contributed by atoms with Gasteiger partial charge in [0.05, 0.1) is 12.5 Å². The molecule has 6 heteroatoms. The van der Waals surface area contributed by atoms with E-state index in [0.717, 1.165) is 17.0 Å². The molecular formula is C23H26N2O4. The highest BCUT2D eigenvalue weighted by atomic mass is 16.8. The highest BCUT2D eigenvalue weighted by Crippen LogP contribution is 2.44. The van der Waals surface area contributed by atoms with E-state index in [1.165, 1.54) is 0 Å². The minimum Gasteiger partial charge on any atom is -0.368 e. The van der Waals surface area contributed by atoms with Crippen LogP contribution in [0, 0.1) is 0 Å².